The van der Waals surface area contributed by atoms with E-state index in [4.69, 9.17) is 10.2 Å². The van der Waals surface area contributed by atoms with Crippen molar-refractivity contribution in [2.45, 2.75) is 45.6 Å². The number of nitrogens with one attached hydrogen (secondary N) is 1. The first-order valence-electron chi connectivity index (χ1n) is 9.43. The van der Waals surface area contributed by atoms with E-state index in [1.54, 1.807) is 16.2 Å². The van der Waals surface area contributed by atoms with E-state index < -0.39 is 0 Å². The topological polar surface area (TPSA) is 81.9 Å². The molecule has 2 aromatic rings. The van der Waals surface area contributed by atoms with Gasteiger partial charge in [-0.1, -0.05) is 6.92 Å². The quantitative estimate of drug-likeness (QED) is 0.744. The molecule has 3 rings (SSSR count). The zero-order chi connectivity index (χ0) is 19.2. The number of nitriles is 1. The summed E-state index contributed by atoms with van der Waals surface area (Å²) in [5.74, 6) is 0.0126. The molecule has 1 aliphatic heterocycles. The van der Waals surface area contributed by atoms with Gasteiger partial charge in [0.05, 0.1) is 18.3 Å². The molecular formula is C20H25N5OS. The maximum absolute atomic E-state index is 12.2. The Morgan fingerprint density at radius 2 is 2.37 bits per heavy atom. The van der Waals surface area contributed by atoms with Crippen LogP contribution in [0.4, 0.5) is 0 Å². The number of carbonyl (C=O) groups is 1. The lowest BCUT2D eigenvalue weighted by Crippen LogP contribution is -2.41. The highest BCUT2D eigenvalue weighted by Crippen LogP contribution is 2.28. The van der Waals surface area contributed by atoms with Crippen molar-refractivity contribution in [3.8, 4) is 16.6 Å². The van der Waals surface area contributed by atoms with Crippen molar-refractivity contribution >= 4 is 17.2 Å². The van der Waals surface area contributed by atoms with Gasteiger partial charge in [-0.15, -0.1) is 11.3 Å². The second-order valence-corrected chi connectivity index (χ2v) is 7.92. The minimum Gasteiger partial charge on any atom is -0.326 e. The first-order valence-corrected chi connectivity index (χ1v) is 10.3. The third kappa shape index (κ3) is 4.71. The standard InChI is InChI=1S/C20H25N5OS/c1-3-16-11-15(6-9-23-16)20-24-18(14(2)27-20)7-8-22-13-19(26)25-10-4-5-17(25)12-21/h6,9,11,17,22H,3-5,7-8,10,13H2,1-2H3. The molecule has 27 heavy (non-hydrogen) atoms. The van der Waals surface area contributed by atoms with Gasteiger partial charge in [0.25, 0.3) is 0 Å². The van der Waals surface area contributed by atoms with Crippen molar-refractivity contribution in [3.63, 3.8) is 0 Å². The lowest BCUT2D eigenvalue weighted by molar-refractivity contribution is -0.130. The molecule has 1 aliphatic rings. The number of likely N-dealkylation sites (tertiary alicyclic amines) is 1. The van der Waals surface area contributed by atoms with Gasteiger partial charge >= 0.3 is 0 Å². The van der Waals surface area contributed by atoms with Gasteiger partial charge in [-0.2, -0.15) is 5.26 Å². The number of carbonyl (C=O) groups excluding carboxylic acids is 1. The van der Waals surface area contributed by atoms with E-state index >= 15 is 0 Å². The van der Waals surface area contributed by atoms with E-state index in [1.807, 2.05) is 12.3 Å². The molecule has 7 heteroatoms. The number of hydrogen-bond acceptors (Lipinski definition) is 6. The Hall–Kier alpha value is -2.30. The third-order valence-electron chi connectivity index (χ3n) is 4.86. The molecule has 1 N–H and O–H groups in total. The molecule has 0 saturated carbocycles. The van der Waals surface area contributed by atoms with Crippen LogP contribution in [-0.2, 0) is 17.6 Å². The van der Waals surface area contributed by atoms with Gasteiger partial charge in [0.2, 0.25) is 5.91 Å². The zero-order valence-electron chi connectivity index (χ0n) is 15.9. The largest absolute Gasteiger partial charge is 0.326 e. The fourth-order valence-electron chi connectivity index (χ4n) is 3.29. The van der Waals surface area contributed by atoms with Gasteiger partial charge in [0.15, 0.2) is 0 Å². The van der Waals surface area contributed by atoms with Gasteiger partial charge in [-0.3, -0.25) is 9.78 Å². The van der Waals surface area contributed by atoms with Crippen LogP contribution in [0, 0.1) is 18.3 Å². The first kappa shape index (κ1) is 19.5. The summed E-state index contributed by atoms with van der Waals surface area (Å²) in [7, 11) is 0. The molecule has 6 nitrogen and oxygen atoms in total. The predicted molar refractivity (Wildman–Crippen MR) is 106 cm³/mol. The van der Waals surface area contributed by atoms with Crippen molar-refractivity contribution in [1.29, 1.82) is 5.26 Å². The van der Waals surface area contributed by atoms with Gasteiger partial charge in [0, 0.05) is 41.8 Å². The number of aromatic nitrogens is 2. The smallest absolute Gasteiger partial charge is 0.237 e. The van der Waals surface area contributed by atoms with Gasteiger partial charge in [-0.05, 0) is 38.3 Å². The molecule has 0 radical (unpaired) electrons. The predicted octanol–water partition coefficient (Wildman–Crippen LogP) is 2.72. The Bertz CT molecular complexity index is 841. The Kier molecular flexibility index (Phi) is 6.54. The normalized spacial score (nSPS) is 16.5. The van der Waals surface area contributed by atoms with E-state index in [2.05, 4.69) is 36.3 Å². The number of aryl methyl sites for hydroxylation is 2. The molecule has 0 aromatic carbocycles. The summed E-state index contributed by atoms with van der Waals surface area (Å²) in [6.45, 7) is 5.85. The minimum atomic E-state index is -0.254. The zero-order valence-corrected chi connectivity index (χ0v) is 16.7. The van der Waals surface area contributed by atoms with Crippen molar-refractivity contribution in [1.82, 2.24) is 20.2 Å². The van der Waals surface area contributed by atoms with Crippen molar-refractivity contribution in [3.05, 3.63) is 34.6 Å². The molecule has 1 unspecified atom stereocenters. The van der Waals surface area contributed by atoms with E-state index in [0.29, 0.717) is 13.1 Å². The average Bonchev–Trinajstić information content (AvgIpc) is 3.31. The molecule has 0 aliphatic carbocycles. The summed E-state index contributed by atoms with van der Waals surface area (Å²) in [6, 6.07) is 6.05. The van der Waals surface area contributed by atoms with E-state index in [-0.39, 0.29) is 18.5 Å². The molecule has 0 bridgehead atoms. The summed E-state index contributed by atoms with van der Waals surface area (Å²) in [4.78, 5) is 24.3. The SMILES string of the molecule is CCc1cc(-c2nc(CCNCC(=O)N3CCCC3C#N)c(C)s2)ccn1. The van der Waals surface area contributed by atoms with Gasteiger partial charge in [-0.25, -0.2) is 4.98 Å². The van der Waals surface area contributed by atoms with Crippen LogP contribution in [0.15, 0.2) is 18.3 Å². The maximum atomic E-state index is 12.2. The van der Waals surface area contributed by atoms with Crippen molar-refractivity contribution in [2.24, 2.45) is 0 Å². The van der Waals surface area contributed by atoms with Crippen LogP contribution >= 0.6 is 11.3 Å². The van der Waals surface area contributed by atoms with E-state index in [9.17, 15) is 4.79 Å². The minimum absolute atomic E-state index is 0.0126. The second-order valence-electron chi connectivity index (χ2n) is 6.71. The van der Waals surface area contributed by atoms with Crippen LogP contribution in [0.1, 0.15) is 36.0 Å². The number of rotatable bonds is 7. The van der Waals surface area contributed by atoms with Crippen molar-refractivity contribution < 1.29 is 4.79 Å². The second kappa shape index (κ2) is 9.07. The number of pyridine rings is 1. The molecular weight excluding hydrogens is 358 g/mol. The van der Waals surface area contributed by atoms with Crippen molar-refractivity contribution in [2.75, 3.05) is 19.6 Å². The monoisotopic (exact) mass is 383 g/mol. The fraction of sp³-hybridized carbons (Fsp3) is 0.500. The molecule has 142 valence electrons. The molecule has 1 fully saturated rings. The lowest BCUT2D eigenvalue weighted by Gasteiger charge is -2.19. The highest BCUT2D eigenvalue weighted by molar-refractivity contribution is 7.15. The van der Waals surface area contributed by atoms with E-state index in [1.165, 1.54) is 4.88 Å². The Labute approximate surface area is 164 Å². The Balaban J connectivity index is 1.52. The van der Waals surface area contributed by atoms with Crippen LogP contribution in [0.2, 0.25) is 0 Å². The van der Waals surface area contributed by atoms with Crippen LogP contribution in [0.25, 0.3) is 10.6 Å². The van der Waals surface area contributed by atoms with Crippen LogP contribution in [0.5, 0.6) is 0 Å². The number of hydrogen-bond donors (Lipinski definition) is 1. The summed E-state index contributed by atoms with van der Waals surface area (Å²) in [6.07, 6.45) is 5.23. The summed E-state index contributed by atoms with van der Waals surface area (Å²) in [5, 5.41) is 13.3. The summed E-state index contributed by atoms with van der Waals surface area (Å²) in [5.41, 5.74) is 3.25. The van der Waals surface area contributed by atoms with Gasteiger partial charge < -0.3 is 10.2 Å². The lowest BCUT2D eigenvalue weighted by atomic mass is 10.2. The third-order valence-corrected chi connectivity index (χ3v) is 5.92. The van der Waals surface area contributed by atoms with Crippen LogP contribution in [0.3, 0.4) is 0 Å². The number of amides is 1. The molecule has 3 heterocycles. The van der Waals surface area contributed by atoms with E-state index in [0.717, 1.165) is 47.6 Å². The summed E-state index contributed by atoms with van der Waals surface area (Å²) < 4.78 is 0. The molecule has 1 amide bonds. The van der Waals surface area contributed by atoms with Crippen LogP contribution in [-0.4, -0.2) is 46.5 Å². The van der Waals surface area contributed by atoms with Gasteiger partial charge in [0.1, 0.15) is 11.0 Å². The summed E-state index contributed by atoms with van der Waals surface area (Å²) >= 11 is 1.70. The maximum Gasteiger partial charge on any atom is 0.237 e. The molecule has 1 saturated heterocycles. The Morgan fingerprint density at radius 1 is 1.52 bits per heavy atom. The molecule has 0 spiro atoms. The van der Waals surface area contributed by atoms with Crippen LogP contribution < -0.4 is 5.32 Å². The highest BCUT2D eigenvalue weighted by Gasteiger charge is 2.27. The number of nitrogens with zero attached hydrogens (tertiary/aromatic N) is 4. The fourth-order valence-corrected chi connectivity index (χ4v) is 4.25. The molecule has 2 aromatic heterocycles. The first-order chi connectivity index (χ1) is 13.1. The Morgan fingerprint density at radius 3 is 3.15 bits per heavy atom. The number of thiazole rings is 1. The average molecular weight is 384 g/mol. The molecule has 1 atom stereocenters. The highest BCUT2D eigenvalue weighted by atomic mass is 32.1.